The van der Waals surface area contributed by atoms with Gasteiger partial charge in [-0.1, -0.05) is 12.8 Å². The molecule has 1 N–H and O–H groups in total. The number of nitrogens with one attached hydrogen (secondary N) is 1. The fourth-order valence-electron chi connectivity index (χ4n) is 2.97. The Labute approximate surface area is 104 Å². The first-order valence-corrected chi connectivity index (χ1v) is 6.88. The molecule has 0 aromatic heterocycles. The van der Waals surface area contributed by atoms with Gasteiger partial charge in [-0.05, 0) is 32.9 Å². The second kappa shape index (κ2) is 6.36. The molecule has 1 saturated carbocycles. The van der Waals surface area contributed by atoms with Crippen molar-refractivity contribution in [2.75, 3.05) is 26.7 Å². The highest BCUT2D eigenvalue weighted by molar-refractivity contribution is 5.76. The second-order valence-electron chi connectivity index (χ2n) is 5.06. The van der Waals surface area contributed by atoms with Crippen molar-refractivity contribution in [2.45, 2.75) is 50.7 Å². The van der Waals surface area contributed by atoms with Crippen molar-refractivity contribution in [1.29, 1.82) is 0 Å². The zero-order valence-electron chi connectivity index (χ0n) is 10.8. The van der Waals surface area contributed by atoms with Crippen LogP contribution >= 0.6 is 0 Å². The van der Waals surface area contributed by atoms with Gasteiger partial charge in [-0.2, -0.15) is 0 Å². The van der Waals surface area contributed by atoms with Crippen molar-refractivity contribution in [3.63, 3.8) is 0 Å². The van der Waals surface area contributed by atoms with E-state index in [4.69, 9.17) is 4.74 Å². The van der Waals surface area contributed by atoms with E-state index in [1.165, 1.54) is 12.8 Å². The van der Waals surface area contributed by atoms with Gasteiger partial charge < -0.3 is 15.0 Å². The Morgan fingerprint density at radius 2 is 2.24 bits per heavy atom. The highest BCUT2D eigenvalue weighted by Crippen LogP contribution is 2.28. The summed E-state index contributed by atoms with van der Waals surface area (Å²) in [7, 11) is 1.93. The topological polar surface area (TPSA) is 41.6 Å². The third kappa shape index (κ3) is 3.19. The molecule has 4 heteroatoms. The third-order valence-corrected chi connectivity index (χ3v) is 3.87. The van der Waals surface area contributed by atoms with Crippen molar-refractivity contribution < 1.29 is 9.53 Å². The number of amides is 1. The molecule has 2 rings (SSSR count). The van der Waals surface area contributed by atoms with Crippen LogP contribution in [-0.2, 0) is 9.53 Å². The van der Waals surface area contributed by atoms with Crippen molar-refractivity contribution in [3.8, 4) is 0 Å². The van der Waals surface area contributed by atoms with Crippen LogP contribution in [0.4, 0.5) is 0 Å². The lowest BCUT2D eigenvalue weighted by atomic mass is 9.90. The Kier molecular flexibility index (Phi) is 4.80. The maximum Gasteiger partial charge on any atom is 0.223 e. The summed E-state index contributed by atoms with van der Waals surface area (Å²) in [6.45, 7) is 2.43. The van der Waals surface area contributed by atoms with E-state index in [1.807, 2.05) is 7.05 Å². The van der Waals surface area contributed by atoms with Crippen LogP contribution in [0.2, 0.25) is 0 Å². The summed E-state index contributed by atoms with van der Waals surface area (Å²) in [5.41, 5.74) is 0. The lowest BCUT2D eigenvalue weighted by Gasteiger charge is -2.43. The first-order chi connectivity index (χ1) is 8.33. The minimum atomic E-state index is 0.311. The summed E-state index contributed by atoms with van der Waals surface area (Å²) in [6, 6.07) is 0.361. The van der Waals surface area contributed by atoms with Crippen LogP contribution in [-0.4, -0.2) is 49.7 Å². The molecule has 0 spiro atoms. The number of ether oxygens (including phenoxy) is 1. The normalized spacial score (nSPS) is 28.9. The number of hydrogen-bond donors (Lipinski definition) is 1. The van der Waals surface area contributed by atoms with Crippen molar-refractivity contribution in [3.05, 3.63) is 0 Å². The highest BCUT2D eigenvalue weighted by atomic mass is 16.5. The fraction of sp³-hybridized carbons (Fsp3) is 0.923. The van der Waals surface area contributed by atoms with Crippen LogP contribution in [0, 0.1) is 0 Å². The summed E-state index contributed by atoms with van der Waals surface area (Å²) in [4.78, 5) is 14.3. The molecule has 1 amide bonds. The van der Waals surface area contributed by atoms with Crippen LogP contribution in [0.3, 0.4) is 0 Å². The van der Waals surface area contributed by atoms with Gasteiger partial charge in [0.25, 0.3) is 0 Å². The lowest BCUT2D eigenvalue weighted by Crippen LogP contribution is -2.54. The number of carbonyl (C=O) groups excluding carboxylic acids is 1. The predicted octanol–water partition coefficient (Wildman–Crippen LogP) is 1.16. The van der Waals surface area contributed by atoms with E-state index in [0.717, 1.165) is 39.0 Å². The van der Waals surface area contributed by atoms with E-state index in [2.05, 4.69) is 10.2 Å². The molecule has 0 aromatic carbocycles. The van der Waals surface area contributed by atoms with E-state index >= 15 is 0 Å². The summed E-state index contributed by atoms with van der Waals surface area (Å²) in [6.07, 6.45) is 6.67. The predicted molar refractivity (Wildman–Crippen MR) is 66.9 cm³/mol. The van der Waals surface area contributed by atoms with Gasteiger partial charge in [0, 0.05) is 13.0 Å². The molecule has 2 unspecified atom stereocenters. The molecule has 1 saturated heterocycles. The SMILES string of the molecule is CNCCCC(=O)N1CCOC2CCCCC21. The van der Waals surface area contributed by atoms with Crippen molar-refractivity contribution in [2.24, 2.45) is 0 Å². The van der Waals surface area contributed by atoms with Crippen LogP contribution in [0.25, 0.3) is 0 Å². The summed E-state index contributed by atoms with van der Waals surface area (Å²) < 4.78 is 5.78. The van der Waals surface area contributed by atoms with E-state index in [-0.39, 0.29) is 0 Å². The Balaban J connectivity index is 1.87. The number of rotatable bonds is 4. The zero-order valence-corrected chi connectivity index (χ0v) is 10.8. The second-order valence-corrected chi connectivity index (χ2v) is 5.06. The van der Waals surface area contributed by atoms with E-state index in [1.54, 1.807) is 0 Å². The molecule has 98 valence electrons. The molecule has 17 heavy (non-hydrogen) atoms. The van der Waals surface area contributed by atoms with E-state index in [9.17, 15) is 4.79 Å². The molecule has 2 atom stereocenters. The average molecular weight is 240 g/mol. The standard InChI is InChI=1S/C13H24N2O2/c1-14-8-4-7-13(16)15-9-10-17-12-6-3-2-5-11(12)15/h11-12,14H,2-10H2,1H3. The maximum absolute atomic E-state index is 12.2. The number of morpholine rings is 1. The monoisotopic (exact) mass is 240 g/mol. The zero-order chi connectivity index (χ0) is 12.1. The van der Waals surface area contributed by atoms with Gasteiger partial charge in [-0.25, -0.2) is 0 Å². The Morgan fingerprint density at radius 3 is 3.06 bits per heavy atom. The van der Waals surface area contributed by atoms with Crippen LogP contribution in [0.5, 0.6) is 0 Å². The quantitative estimate of drug-likeness (QED) is 0.750. The van der Waals surface area contributed by atoms with Gasteiger partial charge >= 0.3 is 0 Å². The maximum atomic E-state index is 12.2. The smallest absolute Gasteiger partial charge is 0.223 e. The van der Waals surface area contributed by atoms with Gasteiger partial charge in [0.15, 0.2) is 0 Å². The van der Waals surface area contributed by atoms with Crippen LogP contribution in [0.15, 0.2) is 0 Å². The van der Waals surface area contributed by atoms with Crippen LogP contribution < -0.4 is 5.32 Å². The molecule has 2 aliphatic rings. The average Bonchev–Trinajstić information content (AvgIpc) is 2.38. The third-order valence-electron chi connectivity index (χ3n) is 3.87. The molecule has 0 radical (unpaired) electrons. The van der Waals surface area contributed by atoms with Gasteiger partial charge in [0.2, 0.25) is 5.91 Å². The number of nitrogens with zero attached hydrogens (tertiary/aromatic N) is 1. The number of fused-ring (bicyclic) bond motifs is 1. The first kappa shape index (κ1) is 12.8. The molecule has 2 fully saturated rings. The highest BCUT2D eigenvalue weighted by Gasteiger charge is 2.36. The van der Waals surface area contributed by atoms with Crippen molar-refractivity contribution in [1.82, 2.24) is 10.2 Å². The minimum absolute atomic E-state index is 0.311. The summed E-state index contributed by atoms with van der Waals surface area (Å²) in [5.74, 6) is 0.320. The molecule has 1 aliphatic heterocycles. The number of carbonyl (C=O) groups is 1. The minimum Gasteiger partial charge on any atom is -0.374 e. The van der Waals surface area contributed by atoms with Gasteiger partial charge in [0.05, 0.1) is 18.8 Å². The van der Waals surface area contributed by atoms with Gasteiger partial charge in [-0.15, -0.1) is 0 Å². The Bertz CT molecular complexity index is 256. The lowest BCUT2D eigenvalue weighted by molar-refractivity contribution is -0.149. The molecular formula is C13H24N2O2. The Morgan fingerprint density at radius 1 is 1.41 bits per heavy atom. The fourth-order valence-corrected chi connectivity index (χ4v) is 2.97. The molecular weight excluding hydrogens is 216 g/mol. The molecule has 4 nitrogen and oxygen atoms in total. The van der Waals surface area contributed by atoms with E-state index < -0.39 is 0 Å². The van der Waals surface area contributed by atoms with E-state index in [0.29, 0.717) is 24.5 Å². The summed E-state index contributed by atoms with van der Waals surface area (Å²) in [5, 5.41) is 3.09. The first-order valence-electron chi connectivity index (χ1n) is 6.88. The van der Waals surface area contributed by atoms with Gasteiger partial charge in [0.1, 0.15) is 0 Å². The van der Waals surface area contributed by atoms with Crippen molar-refractivity contribution >= 4 is 5.91 Å². The Hall–Kier alpha value is -0.610. The molecule has 0 bridgehead atoms. The molecule has 1 aliphatic carbocycles. The van der Waals surface area contributed by atoms with Gasteiger partial charge in [-0.3, -0.25) is 4.79 Å². The molecule has 0 aromatic rings. The number of hydrogen-bond acceptors (Lipinski definition) is 3. The van der Waals surface area contributed by atoms with Crippen LogP contribution in [0.1, 0.15) is 38.5 Å². The summed E-state index contributed by atoms with van der Waals surface area (Å²) >= 11 is 0. The largest absolute Gasteiger partial charge is 0.374 e. The molecule has 1 heterocycles.